The van der Waals surface area contributed by atoms with Crippen molar-refractivity contribution in [3.63, 3.8) is 0 Å². The topological polar surface area (TPSA) is 88.5 Å². The molecule has 0 fully saturated rings. The van der Waals surface area contributed by atoms with Crippen LogP contribution >= 0.6 is 23.1 Å². The second-order valence-corrected chi connectivity index (χ2v) is 5.43. The SMILES string of the molecule is Cc1nnc(Sc2cc(C(=N)N)ccn2)s1. The van der Waals surface area contributed by atoms with Crippen molar-refractivity contribution in [1.29, 1.82) is 5.41 Å². The monoisotopic (exact) mass is 251 g/mol. The molecular formula is C9H9N5S2. The maximum Gasteiger partial charge on any atom is 0.180 e. The van der Waals surface area contributed by atoms with E-state index in [1.165, 1.54) is 23.1 Å². The number of amidine groups is 1. The molecule has 0 saturated heterocycles. The van der Waals surface area contributed by atoms with E-state index in [2.05, 4.69) is 15.2 Å². The van der Waals surface area contributed by atoms with Gasteiger partial charge in [0.05, 0.1) is 0 Å². The predicted molar refractivity (Wildman–Crippen MR) is 64.0 cm³/mol. The minimum absolute atomic E-state index is 0.0395. The largest absolute Gasteiger partial charge is 0.384 e. The Labute approximate surface area is 101 Å². The van der Waals surface area contributed by atoms with Gasteiger partial charge >= 0.3 is 0 Å². The summed E-state index contributed by atoms with van der Waals surface area (Å²) in [5.41, 5.74) is 6.07. The molecule has 0 aliphatic rings. The maximum absolute atomic E-state index is 7.33. The van der Waals surface area contributed by atoms with Gasteiger partial charge in [0.1, 0.15) is 15.9 Å². The molecule has 0 aliphatic heterocycles. The zero-order valence-corrected chi connectivity index (χ0v) is 10.1. The van der Waals surface area contributed by atoms with Crippen LogP contribution in [0.1, 0.15) is 10.6 Å². The number of aromatic nitrogens is 3. The Hall–Kier alpha value is -1.47. The van der Waals surface area contributed by atoms with Gasteiger partial charge in [0.15, 0.2) is 4.34 Å². The third kappa shape index (κ3) is 2.56. The van der Waals surface area contributed by atoms with E-state index >= 15 is 0 Å². The third-order valence-corrected chi connectivity index (χ3v) is 3.57. The first-order valence-electron chi connectivity index (χ1n) is 4.43. The Morgan fingerprint density at radius 3 is 2.94 bits per heavy atom. The molecule has 0 atom stereocenters. The lowest BCUT2D eigenvalue weighted by Gasteiger charge is -2.00. The van der Waals surface area contributed by atoms with Crippen LogP contribution in [0.4, 0.5) is 0 Å². The van der Waals surface area contributed by atoms with Gasteiger partial charge in [-0.2, -0.15) is 0 Å². The summed E-state index contributed by atoms with van der Waals surface area (Å²) in [6, 6.07) is 3.47. The Morgan fingerprint density at radius 2 is 2.31 bits per heavy atom. The molecule has 0 spiro atoms. The van der Waals surface area contributed by atoms with Gasteiger partial charge in [-0.3, -0.25) is 5.41 Å². The number of rotatable bonds is 3. The van der Waals surface area contributed by atoms with Gasteiger partial charge in [-0.05, 0) is 30.8 Å². The summed E-state index contributed by atoms with van der Waals surface area (Å²) in [7, 11) is 0. The summed E-state index contributed by atoms with van der Waals surface area (Å²) < 4.78 is 0.839. The van der Waals surface area contributed by atoms with Gasteiger partial charge in [-0.15, -0.1) is 10.2 Å². The van der Waals surface area contributed by atoms with Crippen molar-refractivity contribution in [2.24, 2.45) is 5.73 Å². The molecule has 2 rings (SSSR count). The summed E-state index contributed by atoms with van der Waals surface area (Å²) >= 11 is 2.93. The molecular weight excluding hydrogens is 242 g/mol. The highest BCUT2D eigenvalue weighted by Crippen LogP contribution is 2.28. The first-order chi connectivity index (χ1) is 7.65. The van der Waals surface area contributed by atoms with Crippen LogP contribution in [-0.4, -0.2) is 21.0 Å². The van der Waals surface area contributed by atoms with Crippen LogP contribution in [0, 0.1) is 12.3 Å². The molecule has 0 amide bonds. The first kappa shape index (κ1) is 11.0. The zero-order valence-electron chi connectivity index (χ0n) is 8.47. The highest BCUT2D eigenvalue weighted by atomic mass is 32.2. The van der Waals surface area contributed by atoms with E-state index in [1.807, 2.05) is 6.92 Å². The highest BCUT2D eigenvalue weighted by molar-refractivity contribution is 8.01. The molecule has 7 heteroatoms. The molecule has 3 N–H and O–H groups in total. The van der Waals surface area contributed by atoms with E-state index in [1.54, 1.807) is 18.3 Å². The number of hydrogen-bond donors (Lipinski definition) is 2. The number of pyridine rings is 1. The minimum Gasteiger partial charge on any atom is -0.384 e. The molecule has 0 aromatic carbocycles. The van der Waals surface area contributed by atoms with Gasteiger partial charge in [0, 0.05) is 11.8 Å². The molecule has 82 valence electrons. The van der Waals surface area contributed by atoms with Crippen LogP contribution in [-0.2, 0) is 0 Å². The summed E-state index contributed by atoms with van der Waals surface area (Å²) in [5.74, 6) is 0.0395. The molecule has 2 aromatic rings. The van der Waals surface area contributed by atoms with Crippen molar-refractivity contribution in [3.8, 4) is 0 Å². The van der Waals surface area contributed by atoms with Crippen molar-refractivity contribution in [3.05, 3.63) is 28.9 Å². The fraction of sp³-hybridized carbons (Fsp3) is 0.111. The van der Waals surface area contributed by atoms with E-state index in [0.717, 1.165) is 14.4 Å². The number of nitrogen functional groups attached to an aromatic ring is 1. The van der Waals surface area contributed by atoms with Crippen molar-refractivity contribution >= 4 is 28.9 Å². The average molecular weight is 251 g/mol. The Bertz CT molecular complexity index is 522. The predicted octanol–water partition coefficient (Wildman–Crippen LogP) is 1.68. The maximum atomic E-state index is 7.33. The number of nitrogens with two attached hydrogens (primary N) is 1. The molecule has 16 heavy (non-hydrogen) atoms. The molecule has 0 radical (unpaired) electrons. The summed E-state index contributed by atoms with van der Waals surface area (Å²) in [4.78, 5) is 4.18. The van der Waals surface area contributed by atoms with Crippen molar-refractivity contribution in [1.82, 2.24) is 15.2 Å². The molecule has 0 unspecified atom stereocenters. The Balaban J connectivity index is 2.21. The van der Waals surface area contributed by atoms with Crippen LogP contribution in [0.2, 0.25) is 0 Å². The second-order valence-electron chi connectivity index (χ2n) is 2.99. The lowest BCUT2D eigenvalue weighted by molar-refractivity contribution is 0.980. The van der Waals surface area contributed by atoms with Crippen LogP contribution in [0.5, 0.6) is 0 Å². The van der Waals surface area contributed by atoms with Gasteiger partial charge in [0.25, 0.3) is 0 Å². The minimum atomic E-state index is 0.0395. The standard InChI is InChI=1S/C9H9N5S2/c1-5-13-14-9(15-5)16-7-4-6(8(10)11)2-3-12-7/h2-4H,1H3,(H3,10,11). The van der Waals surface area contributed by atoms with Crippen LogP contribution in [0.3, 0.4) is 0 Å². The fourth-order valence-electron chi connectivity index (χ4n) is 1.04. The number of nitrogens with one attached hydrogen (secondary N) is 1. The molecule has 0 aliphatic carbocycles. The van der Waals surface area contributed by atoms with E-state index in [-0.39, 0.29) is 5.84 Å². The molecule has 2 aromatic heterocycles. The summed E-state index contributed by atoms with van der Waals surface area (Å²) in [5, 5.41) is 16.9. The van der Waals surface area contributed by atoms with Crippen LogP contribution < -0.4 is 5.73 Å². The lowest BCUT2D eigenvalue weighted by Crippen LogP contribution is -2.10. The van der Waals surface area contributed by atoms with E-state index < -0.39 is 0 Å². The lowest BCUT2D eigenvalue weighted by atomic mass is 10.2. The van der Waals surface area contributed by atoms with E-state index in [4.69, 9.17) is 11.1 Å². The van der Waals surface area contributed by atoms with Crippen molar-refractivity contribution in [2.75, 3.05) is 0 Å². The van der Waals surface area contributed by atoms with Gasteiger partial charge in [-0.1, -0.05) is 11.3 Å². The normalized spacial score (nSPS) is 10.3. The quantitative estimate of drug-likeness (QED) is 0.640. The van der Waals surface area contributed by atoms with Gasteiger partial charge < -0.3 is 5.73 Å². The van der Waals surface area contributed by atoms with E-state index in [0.29, 0.717) is 5.56 Å². The zero-order chi connectivity index (χ0) is 11.5. The second kappa shape index (κ2) is 4.58. The van der Waals surface area contributed by atoms with Gasteiger partial charge in [-0.25, -0.2) is 4.98 Å². The van der Waals surface area contributed by atoms with E-state index in [9.17, 15) is 0 Å². The Morgan fingerprint density at radius 1 is 1.50 bits per heavy atom. The summed E-state index contributed by atoms with van der Waals surface area (Å²) in [6.45, 7) is 1.90. The fourth-order valence-corrected chi connectivity index (χ4v) is 2.80. The smallest absolute Gasteiger partial charge is 0.180 e. The highest BCUT2D eigenvalue weighted by Gasteiger charge is 2.05. The average Bonchev–Trinajstić information content (AvgIpc) is 2.64. The first-order valence-corrected chi connectivity index (χ1v) is 6.07. The number of nitrogens with zero attached hydrogens (tertiary/aromatic N) is 3. The van der Waals surface area contributed by atoms with Crippen molar-refractivity contribution < 1.29 is 0 Å². The number of hydrogen-bond acceptors (Lipinski definition) is 6. The Kier molecular flexibility index (Phi) is 3.16. The van der Waals surface area contributed by atoms with Crippen LogP contribution in [0.15, 0.2) is 27.7 Å². The molecule has 0 bridgehead atoms. The molecule has 5 nitrogen and oxygen atoms in total. The van der Waals surface area contributed by atoms with Crippen LogP contribution in [0.25, 0.3) is 0 Å². The molecule has 2 heterocycles. The summed E-state index contributed by atoms with van der Waals surface area (Å²) in [6.07, 6.45) is 1.63. The number of aryl methyl sites for hydroxylation is 1. The third-order valence-electron chi connectivity index (χ3n) is 1.75. The molecule has 0 saturated carbocycles. The van der Waals surface area contributed by atoms with Gasteiger partial charge in [0.2, 0.25) is 0 Å². The van der Waals surface area contributed by atoms with Crippen molar-refractivity contribution in [2.45, 2.75) is 16.3 Å².